The molecular weight excluding hydrogens is 269 g/mol. The number of nitro benzene ring substituents is 1. The van der Waals surface area contributed by atoms with Gasteiger partial charge in [0.05, 0.1) is 28.5 Å². The van der Waals surface area contributed by atoms with E-state index >= 15 is 0 Å². The second kappa shape index (κ2) is 5.84. The highest BCUT2D eigenvalue weighted by Gasteiger charge is 2.23. The van der Waals surface area contributed by atoms with Crippen LogP contribution >= 0.6 is 23.2 Å². The lowest BCUT2D eigenvalue weighted by atomic mass is 10.1. The Labute approximate surface area is 107 Å². The zero-order valence-electron chi connectivity index (χ0n) is 8.91. The molecule has 17 heavy (non-hydrogen) atoms. The van der Waals surface area contributed by atoms with Gasteiger partial charge in [-0.05, 0) is 19.1 Å². The van der Waals surface area contributed by atoms with Crippen molar-refractivity contribution in [2.75, 3.05) is 6.61 Å². The molecule has 92 valence electrons. The predicted octanol–water partition coefficient (Wildman–Crippen LogP) is 3.01. The van der Waals surface area contributed by atoms with Gasteiger partial charge in [-0.25, -0.2) is 0 Å². The molecule has 1 aromatic carbocycles. The maximum Gasteiger partial charge on any atom is 0.310 e. The summed E-state index contributed by atoms with van der Waals surface area (Å²) < 4.78 is 4.71. The molecule has 0 bridgehead atoms. The van der Waals surface area contributed by atoms with Crippen LogP contribution in [0.3, 0.4) is 0 Å². The Morgan fingerprint density at radius 2 is 2.00 bits per heavy atom. The number of ether oxygens (including phenoxy) is 1. The Morgan fingerprint density at radius 1 is 1.41 bits per heavy atom. The van der Waals surface area contributed by atoms with Gasteiger partial charge in [0.15, 0.2) is 0 Å². The van der Waals surface area contributed by atoms with Gasteiger partial charge in [-0.2, -0.15) is 0 Å². The van der Waals surface area contributed by atoms with E-state index in [2.05, 4.69) is 0 Å². The van der Waals surface area contributed by atoms with Crippen LogP contribution in [0.1, 0.15) is 12.5 Å². The van der Waals surface area contributed by atoms with Crippen molar-refractivity contribution in [3.8, 4) is 0 Å². The molecule has 1 rings (SSSR count). The fraction of sp³-hybridized carbons (Fsp3) is 0.300. The van der Waals surface area contributed by atoms with Crippen LogP contribution in [-0.4, -0.2) is 17.5 Å². The number of halogens is 2. The Morgan fingerprint density at radius 3 is 2.53 bits per heavy atom. The Bertz CT molecular complexity index is 462. The SMILES string of the molecule is CCOC(=O)Cc1c(Cl)ccc(Cl)c1[N+](=O)[O-]. The Kier molecular flexibility index (Phi) is 4.72. The van der Waals surface area contributed by atoms with Gasteiger partial charge in [0, 0.05) is 0 Å². The molecule has 0 spiro atoms. The van der Waals surface area contributed by atoms with Crippen LogP contribution in [0.15, 0.2) is 12.1 Å². The maximum atomic E-state index is 11.3. The molecule has 0 aliphatic rings. The molecule has 0 aromatic heterocycles. The number of esters is 1. The van der Waals surface area contributed by atoms with Gasteiger partial charge in [0.1, 0.15) is 5.02 Å². The third-order valence-electron chi connectivity index (χ3n) is 1.99. The van der Waals surface area contributed by atoms with Crippen LogP contribution in [-0.2, 0) is 16.0 Å². The van der Waals surface area contributed by atoms with Crippen molar-refractivity contribution >= 4 is 34.9 Å². The van der Waals surface area contributed by atoms with Crippen molar-refractivity contribution in [1.29, 1.82) is 0 Å². The van der Waals surface area contributed by atoms with Crippen molar-refractivity contribution in [3.05, 3.63) is 37.9 Å². The van der Waals surface area contributed by atoms with E-state index in [1.165, 1.54) is 12.1 Å². The molecular formula is C10H9Cl2NO4. The maximum absolute atomic E-state index is 11.3. The number of nitro groups is 1. The lowest BCUT2D eigenvalue weighted by Gasteiger charge is -2.06. The fourth-order valence-electron chi connectivity index (χ4n) is 1.31. The zero-order valence-corrected chi connectivity index (χ0v) is 10.4. The van der Waals surface area contributed by atoms with E-state index < -0.39 is 10.9 Å². The van der Waals surface area contributed by atoms with Gasteiger partial charge in [0.2, 0.25) is 0 Å². The van der Waals surface area contributed by atoms with Crippen LogP contribution < -0.4 is 0 Å². The van der Waals surface area contributed by atoms with Crippen LogP contribution in [0.5, 0.6) is 0 Å². The van der Waals surface area contributed by atoms with E-state index in [1.54, 1.807) is 6.92 Å². The van der Waals surface area contributed by atoms with Gasteiger partial charge >= 0.3 is 5.97 Å². The molecule has 0 N–H and O–H groups in total. The molecule has 0 aliphatic heterocycles. The third kappa shape index (κ3) is 3.31. The zero-order chi connectivity index (χ0) is 13.0. The van der Waals surface area contributed by atoms with E-state index in [0.717, 1.165) is 0 Å². The average molecular weight is 278 g/mol. The second-order valence-electron chi connectivity index (χ2n) is 3.10. The molecule has 0 atom stereocenters. The quantitative estimate of drug-likeness (QED) is 0.482. The third-order valence-corrected chi connectivity index (χ3v) is 2.64. The predicted molar refractivity (Wildman–Crippen MR) is 63.5 cm³/mol. The lowest BCUT2D eigenvalue weighted by molar-refractivity contribution is -0.385. The van der Waals surface area contributed by atoms with Crippen molar-refractivity contribution in [1.82, 2.24) is 0 Å². The second-order valence-corrected chi connectivity index (χ2v) is 3.91. The molecule has 7 heteroatoms. The van der Waals surface area contributed by atoms with Gasteiger partial charge < -0.3 is 4.74 Å². The molecule has 0 aliphatic carbocycles. The first kappa shape index (κ1) is 13.7. The monoisotopic (exact) mass is 277 g/mol. The van der Waals surface area contributed by atoms with Gasteiger partial charge in [0.25, 0.3) is 5.69 Å². The molecule has 5 nitrogen and oxygen atoms in total. The minimum absolute atomic E-state index is 0.0568. The number of carbonyl (C=O) groups excluding carboxylic acids is 1. The normalized spacial score (nSPS) is 10.1. The van der Waals surface area contributed by atoms with E-state index in [4.69, 9.17) is 27.9 Å². The highest BCUT2D eigenvalue weighted by atomic mass is 35.5. The van der Waals surface area contributed by atoms with E-state index in [-0.39, 0.29) is 34.3 Å². The van der Waals surface area contributed by atoms with Crippen LogP contribution in [0.25, 0.3) is 0 Å². The summed E-state index contributed by atoms with van der Waals surface area (Å²) in [5, 5.41) is 10.9. The van der Waals surface area contributed by atoms with Crippen molar-refractivity contribution in [2.24, 2.45) is 0 Å². The number of hydrogen-bond donors (Lipinski definition) is 0. The first-order chi connectivity index (χ1) is 7.97. The van der Waals surface area contributed by atoms with Crippen molar-refractivity contribution in [2.45, 2.75) is 13.3 Å². The van der Waals surface area contributed by atoms with Gasteiger partial charge in [-0.15, -0.1) is 0 Å². The summed E-state index contributed by atoms with van der Waals surface area (Å²) in [5.74, 6) is -0.584. The molecule has 0 amide bonds. The van der Waals surface area contributed by atoms with Crippen molar-refractivity contribution < 1.29 is 14.5 Å². The van der Waals surface area contributed by atoms with Gasteiger partial charge in [-0.3, -0.25) is 14.9 Å². The highest BCUT2D eigenvalue weighted by molar-refractivity contribution is 6.35. The Balaban J connectivity index is 3.16. The molecule has 0 heterocycles. The molecule has 0 saturated heterocycles. The molecule has 0 radical (unpaired) electrons. The van der Waals surface area contributed by atoms with Gasteiger partial charge in [-0.1, -0.05) is 23.2 Å². The Hall–Kier alpha value is -1.33. The lowest BCUT2D eigenvalue weighted by Crippen LogP contribution is -2.10. The smallest absolute Gasteiger partial charge is 0.310 e. The van der Waals surface area contributed by atoms with Crippen LogP contribution in [0.2, 0.25) is 10.0 Å². The standard InChI is InChI=1S/C10H9Cl2NO4/c1-2-17-9(14)5-6-7(11)3-4-8(12)10(6)13(15)16/h3-4H,2,5H2,1H3. The summed E-state index contributed by atoms with van der Waals surface area (Å²) in [4.78, 5) is 21.5. The summed E-state index contributed by atoms with van der Waals surface area (Å²) in [7, 11) is 0. The summed E-state index contributed by atoms with van der Waals surface area (Å²) in [6.45, 7) is 1.84. The summed E-state index contributed by atoms with van der Waals surface area (Å²) >= 11 is 11.5. The largest absolute Gasteiger partial charge is 0.466 e. The summed E-state index contributed by atoms with van der Waals surface area (Å²) in [6, 6.07) is 2.72. The first-order valence-corrected chi connectivity index (χ1v) is 5.49. The van der Waals surface area contributed by atoms with Crippen LogP contribution in [0, 0.1) is 10.1 Å². The average Bonchev–Trinajstić information content (AvgIpc) is 2.23. The molecule has 0 fully saturated rings. The fourth-order valence-corrected chi connectivity index (χ4v) is 1.77. The molecule has 1 aromatic rings. The number of nitrogens with zero attached hydrogens (tertiary/aromatic N) is 1. The van der Waals surface area contributed by atoms with E-state index in [1.807, 2.05) is 0 Å². The molecule has 0 saturated carbocycles. The number of benzene rings is 1. The minimum Gasteiger partial charge on any atom is -0.466 e. The summed E-state index contributed by atoms with van der Waals surface area (Å²) in [5.41, 5.74) is -0.283. The number of carbonyl (C=O) groups is 1. The first-order valence-electron chi connectivity index (χ1n) is 4.74. The highest BCUT2D eigenvalue weighted by Crippen LogP contribution is 2.34. The van der Waals surface area contributed by atoms with E-state index in [9.17, 15) is 14.9 Å². The minimum atomic E-state index is -0.664. The topological polar surface area (TPSA) is 69.4 Å². The summed E-state index contributed by atoms with van der Waals surface area (Å²) in [6.07, 6.45) is -0.274. The van der Waals surface area contributed by atoms with Crippen molar-refractivity contribution in [3.63, 3.8) is 0 Å². The molecule has 0 unspecified atom stereocenters. The number of hydrogen-bond acceptors (Lipinski definition) is 4. The van der Waals surface area contributed by atoms with Crippen LogP contribution in [0.4, 0.5) is 5.69 Å². The number of rotatable bonds is 4. The van der Waals surface area contributed by atoms with E-state index in [0.29, 0.717) is 0 Å².